The number of hydrogen-bond donors (Lipinski definition) is 1. The highest BCUT2D eigenvalue weighted by Gasteiger charge is 2.27. The van der Waals surface area contributed by atoms with Crippen LogP contribution in [0, 0.1) is 5.92 Å². The fraction of sp³-hybridized carbons (Fsp3) is 0.500. The molecule has 0 spiro atoms. The van der Waals surface area contributed by atoms with Crippen LogP contribution in [-0.2, 0) is 0 Å². The number of nitrogens with zero attached hydrogens (tertiary/aromatic N) is 1. The lowest BCUT2D eigenvalue weighted by Gasteiger charge is -2.34. The Balaban J connectivity index is 2.10. The highest BCUT2D eigenvalue weighted by Crippen LogP contribution is 2.24. The van der Waals surface area contributed by atoms with Crippen molar-refractivity contribution in [3.63, 3.8) is 0 Å². The van der Waals surface area contributed by atoms with Crippen LogP contribution in [-0.4, -0.2) is 33.7 Å². The number of aromatic amines is 1. The van der Waals surface area contributed by atoms with Crippen LogP contribution in [0.2, 0.25) is 0 Å². The number of likely N-dealkylation sites (tertiary alicyclic amines) is 1. The third-order valence-corrected chi connectivity index (χ3v) is 4.38. The van der Waals surface area contributed by atoms with E-state index < -0.39 is 0 Å². The highest BCUT2D eigenvalue weighted by atomic mass is 79.9. The Bertz CT molecular complexity index is 451. The molecular formula is C12H15BrN2O2. The first-order valence-corrected chi connectivity index (χ1v) is 6.61. The van der Waals surface area contributed by atoms with Gasteiger partial charge in [-0.05, 0) is 18.4 Å². The summed E-state index contributed by atoms with van der Waals surface area (Å²) in [5, 5.41) is 0. The third kappa shape index (κ3) is 2.77. The van der Waals surface area contributed by atoms with Gasteiger partial charge in [0.15, 0.2) is 0 Å². The summed E-state index contributed by atoms with van der Waals surface area (Å²) in [6.07, 6.45) is 2.48. The predicted octanol–water partition coefficient (Wildman–Crippen LogP) is 1.62. The lowest BCUT2D eigenvalue weighted by molar-refractivity contribution is 0.0705. The Hall–Kier alpha value is -1.10. The number of aromatic nitrogens is 1. The van der Waals surface area contributed by atoms with Crippen LogP contribution in [0.5, 0.6) is 0 Å². The second kappa shape index (κ2) is 5.04. The number of rotatable bonds is 1. The maximum absolute atomic E-state index is 12.1. The molecule has 1 N–H and O–H groups in total. The molecule has 92 valence electrons. The second-order valence-electron chi connectivity index (χ2n) is 4.47. The van der Waals surface area contributed by atoms with E-state index >= 15 is 0 Å². The van der Waals surface area contributed by atoms with Crippen molar-refractivity contribution in [1.29, 1.82) is 0 Å². The maximum atomic E-state index is 12.1. The summed E-state index contributed by atoms with van der Waals surface area (Å²) < 4.78 is 0. The topological polar surface area (TPSA) is 53.2 Å². The Morgan fingerprint density at radius 1 is 1.53 bits per heavy atom. The number of alkyl halides is 1. The van der Waals surface area contributed by atoms with E-state index in [0.717, 1.165) is 19.5 Å². The van der Waals surface area contributed by atoms with E-state index in [0.29, 0.717) is 16.3 Å². The Labute approximate surface area is 108 Å². The van der Waals surface area contributed by atoms with Gasteiger partial charge >= 0.3 is 0 Å². The van der Waals surface area contributed by atoms with Gasteiger partial charge in [-0.15, -0.1) is 0 Å². The van der Waals surface area contributed by atoms with Crippen molar-refractivity contribution in [2.24, 2.45) is 5.92 Å². The molecule has 2 atom stereocenters. The smallest absolute Gasteiger partial charge is 0.255 e. The van der Waals surface area contributed by atoms with E-state index in [4.69, 9.17) is 0 Å². The van der Waals surface area contributed by atoms with Gasteiger partial charge in [0.05, 0.1) is 5.56 Å². The average Bonchev–Trinajstić information content (AvgIpc) is 2.33. The molecule has 17 heavy (non-hydrogen) atoms. The summed E-state index contributed by atoms with van der Waals surface area (Å²) in [6, 6.07) is 2.95. The SMILES string of the molecule is CC1CCN(C(=O)c2ccc(=O)[nH]c2)CC1Br. The summed E-state index contributed by atoms with van der Waals surface area (Å²) >= 11 is 3.59. The summed E-state index contributed by atoms with van der Waals surface area (Å²) in [6.45, 7) is 3.68. The van der Waals surface area contributed by atoms with Crippen LogP contribution in [0.4, 0.5) is 0 Å². The number of halogens is 1. The molecule has 0 aliphatic carbocycles. The van der Waals surface area contributed by atoms with Crippen LogP contribution in [0.1, 0.15) is 23.7 Å². The molecule has 1 aromatic rings. The summed E-state index contributed by atoms with van der Waals surface area (Å²) in [5.41, 5.74) is 0.353. The molecule has 0 aromatic carbocycles. The Morgan fingerprint density at radius 2 is 2.29 bits per heavy atom. The number of carbonyl (C=O) groups excluding carboxylic acids is 1. The fourth-order valence-electron chi connectivity index (χ4n) is 1.93. The second-order valence-corrected chi connectivity index (χ2v) is 5.65. The quantitative estimate of drug-likeness (QED) is 0.801. The fourth-order valence-corrected chi connectivity index (χ4v) is 2.55. The van der Waals surface area contributed by atoms with Gasteiger partial charge < -0.3 is 9.88 Å². The van der Waals surface area contributed by atoms with Crippen molar-refractivity contribution in [2.45, 2.75) is 18.2 Å². The number of pyridine rings is 1. The maximum Gasteiger partial charge on any atom is 0.255 e. The molecule has 2 heterocycles. The highest BCUT2D eigenvalue weighted by molar-refractivity contribution is 9.09. The minimum absolute atomic E-state index is 0.0161. The van der Waals surface area contributed by atoms with Crippen molar-refractivity contribution in [1.82, 2.24) is 9.88 Å². The average molecular weight is 299 g/mol. The first kappa shape index (κ1) is 12.4. The van der Waals surface area contributed by atoms with Gasteiger partial charge in [-0.3, -0.25) is 9.59 Å². The zero-order chi connectivity index (χ0) is 12.4. The molecular weight excluding hydrogens is 284 g/mol. The van der Waals surface area contributed by atoms with Gasteiger partial charge in [-0.1, -0.05) is 22.9 Å². The number of carbonyl (C=O) groups is 1. The Kier molecular flexibility index (Phi) is 3.66. The standard InChI is InChI=1S/C12H15BrN2O2/c1-8-4-5-15(7-10(8)13)12(17)9-2-3-11(16)14-6-9/h2-3,6,8,10H,4-5,7H2,1H3,(H,14,16). The van der Waals surface area contributed by atoms with Gasteiger partial charge in [0.2, 0.25) is 5.56 Å². The molecule has 1 saturated heterocycles. The zero-order valence-corrected chi connectivity index (χ0v) is 11.2. The van der Waals surface area contributed by atoms with E-state index in [1.54, 1.807) is 6.07 Å². The molecule has 5 heteroatoms. The van der Waals surface area contributed by atoms with Crippen LogP contribution >= 0.6 is 15.9 Å². The van der Waals surface area contributed by atoms with Crippen molar-refractivity contribution in [3.05, 3.63) is 34.2 Å². The minimum atomic E-state index is -0.188. The normalized spacial score (nSPS) is 24.7. The van der Waals surface area contributed by atoms with Crippen molar-refractivity contribution < 1.29 is 4.79 Å². The summed E-state index contributed by atoms with van der Waals surface area (Å²) in [4.78, 5) is 27.8. The summed E-state index contributed by atoms with van der Waals surface area (Å²) in [7, 11) is 0. The van der Waals surface area contributed by atoms with Crippen molar-refractivity contribution in [2.75, 3.05) is 13.1 Å². The first-order chi connectivity index (χ1) is 8.08. The van der Waals surface area contributed by atoms with Crippen molar-refractivity contribution >= 4 is 21.8 Å². The monoisotopic (exact) mass is 298 g/mol. The molecule has 0 saturated carbocycles. The van der Waals surface area contributed by atoms with Gasteiger partial charge in [0.25, 0.3) is 5.91 Å². The zero-order valence-electron chi connectivity index (χ0n) is 9.65. The van der Waals surface area contributed by atoms with Crippen LogP contribution in [0.25, 0.3) is 0 Å². The van der Waals surface area contributed by atoms with Gasteiger partial charge in [0, 0.05) is 30.2 Å². The van der Waals surface area contributed by atoms with Crippen molar-refractivity contribution in [3.8, 4) is 0 Å². The molecule has 1 amide bonds. The molecule has 1 aliphatic heterocycles. The molecule has 2 rings (SSSR count). The van der Waals surface area contributed by atoms with E-state index in [1.807, 2.05) is 4.90 Å². The number of amides is 1. The predicted molar refractivity (Wildman–Crippen MR) is 69.5 cm³/mol. The Morgan fingerprint density at radius 3 is 2.88 bits per heavy atom. The molecule has 0 radical (unpaired) electrons. The van der Waals surface area contributed by atoms with E-state index in [9.17, 15) is 9.59 Å². The van der Waals surface area contributed by atoms with Gasteiger partial charge in [-0.25, -0.2) is 0 Å². The largest absolute Gasteiger partial charge is 0.337 e. The number of nitrogens with one attached hydrogen (secondary N) is 1. The number of piperidine rings is 1. The van der Waals surface area contributed by atoms with Crippen LogP contribution < -0.4 is 5.56 Å². The lowest BCUT2D eigenvalue weighted by atomic mass is 9.98. The molecule has 1 aliphatic rings. The first-order valence-electron chi connectivity index (χ1n) is 5.70. The van der Waals surface area contributed by atoms with E-state index in [-0.39, 0.29) is 11.5 Å². The lowest BCUT2D eigenvalue weighted by Crippen LogP contribution is -2.43. The van der Waals surface area contributed by atoms with Gasteiger partial charge in [-0.2, -0.15) is 0 Å². The van der Waals surface area contributed by atoms with E-state index in [1.165, 1.54) is 12.3 Å². The summed E-state index contributed by atoms with van der Waals surface area (Å²) in [5.74, 6) is 0.576. The molecule has 1 fully saturated rings. The third-order valence-electron chi connectivity index (χ3n) is 3.18. The van der Waals surface area contributed by atoms with Gasteiger partial charge in [0.1, 0.15) is 0 Å². The molecule has 0 bridgehead atoms. The minimum Gasteiger partial charge on any atom is -0.337 e. The number of H-pyrrole nitrogens is 1. The molecule has 1 aromatic heterocycles. The number of hydrogen-bond acceptors (Lipinski definition) is 2. The van der Waals surface area contributed by atoms with Crippen LogP contribution in [0.15, 0.2) is 23.1 Å². The van der Waals surface area contributed by atoms with Crippen LogP contribution in [0.3, 0.4) is 0 Å². The molecule has 2 unspecified atom stereocenters. The molecule has 4 nitrogen and oxygen atoms in total. The van der Waals surface area contributed by atoms with E-state index in [2.05, 4.69) is 27.8 Å².